The molecule has 0 aromatic carbocycles. The predicted octanol–water partition coefficient (Wildman–Crippen LogP) is 1.06. The molecule has 9 heteroatoms. The fourth-order valence-electron chi connectivity index (χ4n) is 3.77. The molecule has 1 saturated heterocycles. The average Bonchev–Trinajstić information content (AvgIpc) is 3.33. The third-order valence-corrected chi connectivity index (χ3v) is 5.08. The summed E-state index contributed by atoms with van der Waals surface area (Å²) < 4.78 is 1.62. The van der Waals surface area contributed by atoms with Crippen molar-refractivity contribution in [3.8, 4) is 6.07 Å². The molecule has 0 bridgehead atoms. The molecule has 1 saturated carbocycles. The Morgan fingerprint density at radius 1 is 1.48 bits per heavy atom. The standard InChI is InChI=1S/C16H22N6O3/c17-7-14-2-1-5-21(14)16(23)9-18-13-4-3-12(6-13)10-20-11-15(8-19-20)22(24)25/h8,11-14,18H,1-6,9-10H2/t12?,13?,14-/m0/s1. The lowest BCUT2D eigenvalue weighted by molar-refractivity contribution is -0.385. The largest absolute Gasteiger partial charge is 0.326 e. The summed E-state index contributed by atoms with van der Waals surface area (Å²) in [6.45, 7) is 1.59. The molecule has 1 N–H and O–H groups in total. The monoisotopic (exact) mass is 346 g/mol. The molecule has 3 rings (SSSR count). The molecule has 1 aliphatic carbocycles. The molecule has 9 nitrogen and oxygen atoms in total. The van der Waals surface area contributed by atoms with E-state index in [-0.39, 0.29) is 30.2 Å². The molecule has 0 radical (unpaired) electrons. The van der Waals surface area contributed by atoms with Gasteiger partial charge in [-0.3, -0.25) is 19.6 Å². The van der Waals surface area contributed by atoms with Crippen molar-refractivity contribution in [3.63, 3.8) is 0 Å². The summed E-state index contributed by atoms with van der Waals surface area (Å²) in [6.07, 6.45) is 7.29. The number of nitro groups is 1. The van der Waals surface area contributed by atoms with Crippen LogP contribution in [0.25, 0.3) is 0 Å². The molecule has 0 spiro atoms. The first kappa shape index (κ1) is 17.4. The van der Waals surface area contributed by atoms with E-state index in [1.54, 1.807) is 9.58 Å². The SMILES string of the molecule is N#C[C@@H]1CCCN1C(=O)CNC1CCC(Cn2cc([N+](=O)[O-])cn2)C1. The van der Waals surface area contributed by atoms with Gasteiger partial charge in [0.05, 0.1) is 17.5 Å². The van der Waals surface area contributed by atoms with Crippen LogP contribution in [0.5, 0.6) is 0 Å². The van der Waals surface area contributed by atoms with Crippen molar-refractivity contribution in [2.45, 2.75) is 50.7 Å². The van der Waals surface area contributed by atoms with Gasteiger partial charge in [-0.15, -0.1) is 0 Å². The van der Waals surface area contributed by atoms with Crippen molar-refractivity contribution >= 4 is 11.6 Å². The summed E-state index contributed by atoms with van der Waals surface area (Å²) >= 11 is 0. The minimum Gasteiger partial charge on any atom is -0.326 e. The highest BCUT2D eigenvalue weighted by molar-refractivity contribution is 5.79. The number of amides is 1. The van der Waals surface area contributed by atoms with E-state index in [0.717, 1.165) is 32.1 Å². The lowest BCUT2D eigenvalue weighted by Crippen LogP contribution is -2.42. The molecule has 2 fully saturated rings. The van der Waals surface area contributed by atoms with E-state index in [1.165, 1.54) is 12.4 Å². The summed E-state index contributed by atoms with van der Waals surface area (Å²) in [4.78, 5) is 24.2. The number of nitrogens with one attached hydrogen (secondary N) is 1. The second-order valence-corrected chi connectivity index (χ2v) is 6.81. The van der Waals surface area contributed by atoms with Gasteiger partial charge in [-0.25, -0.2) is 0 Å². The minimum atomic E-state index is -0.443. The number of aromatic nitrogens is 2. The van der Waals surface area contributed by atoms with E-state index in [4.69, 9.17) is 5.26 Å². The highest BCUT2D eigenvalue weighted by Gasteiger charge is 2.30. The molecule has 1 amide bonds. The van der Waals surface area contributed by atoms with Crippen LogP contribution in [-0.2, 0) is 11.3 Å². The van der Waals surface area contributed by atoms with E-state index in [2.05, 4.69) is 16.5 Å². The van der Waals surface area contributed by atoms with Crippen molar-refractivity contribution < 1.29 is 9.72 Å². The summed E-state index contributed by atoms with van der Waals surface area (Å²) in [6, 6.07) is 2.18. The summed E-state index contributed by atoms with van der Waals surface area (Å²) in [5.41, 5.74) is 0.0101. The first-order valence-electron chi connectivity index (χ1n) is 8.66. The molecule has 25 heavy (non-hydrogen) atoms. The van der Waals surface area contributed by atoms with Crippen LogP contribution < -0.4 is 5.32 Å². The first-order valence-corrected chi connectivity index (χ1v) is 8.66. The molecule has 1 aromatic rings. The zero-order valence-electron chi connectivity index (χ0n) is 14.0. The first-order chi connectivity index (χ1) is 12.1. The maximum Gasteiger partial charge on any atom is 0.306 e. The fraction of sp³-hybridized carbons (Fsp3) is 0.688. The van der Waals surface area contributed by atoms with Crippen LogP contribution in [0.1, 0.15) is 32.1 Å². The third kappa shape index (κ3) is 4.14. The molecule has 2 heterocycles. The van der Waals surface area contributed by atoms with Crippen molar-refractivity contribution in [3.05, 3.63) is 22.5 Å². The zero-order chi connectivity index (χ0) is 17.8. The molecule has 1 aromatic heterocycles. The Bertz CT molecular complexity index is 682. The van der Waals surface area contributed by atoms with E-state index in [1.807, 2.05) is 0 Å². The number of carbonyl (C=O) groups is 1. The number of likely N-dealkylation sites (tertiary alicyclic amines) is 1. The van der Waals surface area contributed by atoms with Crippen molar-refractivity contribution in [1.82, 2.24) is 20.0 Å². The van der Waals surface area contributed by atoms with Gasteiger partial charge >= 0.3 is 5.69 Å². The maximum absolute atomic E-state index is 12.2. The van der Waals surface area contributed by atoms with E-state index in [0.29, 0.717) is 19.0 Å². The van der Waals surface area contributed by atoms with Crippen molar-refractivity contribution in [1.29, 1.82) is 5.26 Å². The summed E-state index contributed by atoms with van der Waals surface area (Å²) in [5, 5.41) is 27.1. The Morgan fingerprint density at radius 3 is 3.04 bits per heavy atom. The number of hydrogen-bond acceptors (Lipinski definition) is 6. The molecule has 134 valence electrons. The Balaban J connectivity index is 1.43. The van der Waals surface area contributed by atoms with Gasteiger partial charge in [-0.2, -0.15) is 10.4 Å². The summed E-state index contributed by atoms with van der Waals surface area (Å²) in [7, 11) is 0. The van der Waals surface area contributed by atoms with Gasteiger partial charge in [0.25, 0.3) is 0 Å². The number of nitrogens with zero attached hydrogens (tertiary/aromatic N) is 5. The smallest absolute Gasteiger partial charge is 0.306 e. The van der Waals surface area contributed by atoms with Gasteiger partial charge in [-0.1, -0.05) is 0 Å². The van der Waals surface area contributed by atoms with Gasteiger partial charge < -0.3 is 10.2 Å². The topological polar surface area (TPSA) is 117 Å². The lowest BCUT2D eigenvalue weighted by atomic mass is 10.1. The van der Waals surface area contributed by atoms with Crippen LogP contribution in [0.3, 0.4) is 0 Å². The van der Waals surface area contributed by atoms with E-state index < -0.39 is 4.92 Å². The highest BCUT2D eigenvalue weighted by Crippen LogP contribution is 2.27. The molecular weight excluding hydrogens is 324 g/mol. The van der Waals surface area contributed by atoms with Gasteiger partial charge in [0.15, 0.2) is 0 Å². The predicted molar refractivity (Wildman–Crippen MR) is 88.4 cm³/mol. The van der Waals surface area contributed by atoms with Crippen molar-refractivity contribution in [2.75, 3.05) is 13.1 Å². The van der Waals surface area contributed by atoms with Gasteiger partial charge in [-0.05, 0) is 38.0 Å². The van der Waals surface area contributed by atoms with Crippen LogP contribution in [0.4, 0.5) is 5.69 Å². The highest BCUT2D eigenvalue weighted by atomic mass is 16.6. The maximum atomic E-state index is 12.2. The Hall–Kier alpha value is -2.47. The van der Waals surface area contributed by atoms with Gasteiger partial charge in [0, 0.05) is 19.1 Å². The quantitative estimate of drug-likeness (QED) is 0.608. The molecular formula is C16H22N6O3. The van der Waals surface area contributed by atoms with Crippen LogP contribution in [0, 0.1) is 27.4 Å². The molecule has 1 aliphatic heterocycles. The Kier molecular flexibility index (Phi) is 5.28. The fourth-order valence-corrected chi connectivity index (χ4v) is 3.77. The second kappa shape index (κ2) is 7.61. The van der Waals surface area contributed by atoms with Crippen LogP contribution in [0.15, 0.2) is 12.4 Å². The second-order valence-electron chi connectivity index (χ2n) is 6.81. The molecule has 3 atom stereocenters. The molecule has 2 unspecified atom stereocenters. The van der Waals surface area contributed by atoms with Crippen molar-refractivity contribution in [2.24, 2.45) is 5.92 Å². The Morgan fingerprint density at radius 2 is 2.32 bits per heavy atom. The average molecular weight is 346 g/mol. The third-order valence-electron chi connectivity index (χ3n) is 5.08. The Labute approximate surface area is 145 Å². The van der Waals surface area contributed by atoms with E-state index in [9.17, 15) is 14.9 Å². The van der Waals surface area contributed by atoms with Gasteiger partial charge in [0.2, 0.25) is 5.91 Å². The van der Waals surface area contributed by atoms with Crippen LogP contribution >= 0.6 is 0 Å². The van der Waals surface area contributed by atoms with Crippen LogP contribution in [-0.4, -0.2) is 50.7 Å². The number of hydrogen-bond donors (Lipinski definition) is 1. The number of carbonyl (C=O) groups excluding carboxylic acids is 1. The van der Waals surface area contributed by atoms with E-state index >= 15 is 0 Å². The minimum absolute atomic E-state index is 0.00444. The normalized spacial score (nSPS) is 25.9. The van der Waals surface area contributed by atoms with Crippen LogP contribution in [0.2, 0.25) is 0 Å². The van der Waals surface area contributed by atoms with Gasteiger partial charge in [0.1, 0.15) is 18.4 Å². The zero-order valence-corrected chi connectivity index (χ0v) is 14.0. The molecule has 2 aliphatic rings. The summed E-state index contributed by atoms with van der Waals surface area (Å²) in [5.74, 6) is 0.390. The number of rotatable bonds is 6. The lowest BCUT2D eigenvalue weighted by Gasteiger charge is -2.21. The number of nitriles is 1.